The molecule has 0 fully saturated rings. The van der Waals surface area contributed by atoms with Gasteiger partial charge < -0.3 is 9.84 Å². The average molecular weight is 222 g/mol. The molecule has 1 unspecified atom stereocenters. The Morgan fingerprint density at radius 1 is 1.21 bits per heavy atom. The van der Waals surface area contributed by atoms with Gasteiger partial charge in [0.15, 0.2) is 0 Å². The van der Waals surface area contributed by atoms with Crippen molar-refractivity contribution in [2.75, 3.05) is 13.3 Å². The highest BCUT2D eigenvalue weighted by atomic mass is 31.0. The molecule has 0 rings (SSSR count). The summed E-state index contributed by atoms with van der Waals surface area (Å²) >= 11 is 0. The van der Waals surface area contributed by atoms with Gasteiger partial charge in [0.05, 0.1) is 7.11 Å². The molecule has 1 atom stereocenters. The van der Waals surface area contributed by atoms with Crippen molar-refractivity contribution in [2.45, 2.75) is 45.4 Å². The molecule has 0 aliphatic heterocycles. The highest BCUT2D eigenvalue weighted by molar-refractivity contribution is 7.16. The van der Waals surface area contributed by atoms with Crippen molar-refractivity contribution in [2.24, 2.45) is 0 Å². The second-order valence-electron chi connectivity index (χ2n) is 3.03. The predicted octanol–water partition coefficient (Wildman–Crippen LogP) is 3.53. The molecule has 0 saturated heterocycles. The summed E-state index contributed by atoms with van der Waals surface area (Å²) in [7, 11) is 3.88. The summed E-state index contributed by atoms with van der Waals surface area (Å²) in [6.45, 7) is 2.26. The van der Waals surface area contributed by atoms with E-state index in [0.29, 0.717) is 0 Å². The summed E-state index contributed by atoms with van der Waals surface area (Å²) < 4.78 is 3.67. The summed E-state index contributed by atoms with van der Waals surface area (Å²) in [6, 6.07) is 0. The van der Waals surface area contributed by atoms with Gasteiger partial charge in [-0.05, 0) is 12.6 Å². The minimum atomic E-state index is -1.25. The van der Waals surface area contributed by atoms with Gasteiger partial charge in [0.2, 0.25) is 0 Å². The third kappa shape index (κ3) is 22.6. The number of carbonyl (C=O) groups is 1. The molecule has 0 heterocycles. The maximum absolute atomic E-state index is 9.15. The molecule has 0 aliphatic carbocycles. The molecule has 0 aliphatic rings. The molecule has 0 radical (unpaired) electrons. The van der Waals surface area contributed by atoms with Gasteiger partial charge >= 0.3 is 6.16 Å². The maximum atomic E-state index is 9.15. The second-order valence-corrected chi connectivity index (χ2v) is 3.60. The number of hydrogen-bond donors (Lipinski definition) is 1. The number of rotatable bonds is 6. The Balaban J connectivity index is 0. The molecule has 0 aromatic heterocycles. The van der Waals surface area contributed by atoms with Gasteiger partial charge in [-0.2, -0.15) is 0 Å². The van der Waals surface area contributed by atoms with Crippen LogP contribution in [0.3, 0.4) is 0 Å². The van der Waals surface area contributed by atoms with Gasteiger partial charge in [0.1, 0.15) is 0 Å². The van der Waals surface area contributed by atoms with Crippen molar-refractivity contribution >= 4 is 15.4 Å². The fourth-order valence-electron chi connectivity index (χ4n) is 0.925. The van der Waals surface area contributed by atoms with Crippen molar-refractivity contribution < 1.29 is 14.6 Å². The van der Waals surface area contributed by atoms with Crippen molar-refractivity contribution in [1.82, 2.24) is 0 Å². The molecule has 0 saturated carbocycles. The van der Waals surface area contributed by atoms with E-state index in [1.807, 2.05) is 0 Å². The average Bonchev–Trinajstić information content (AvgIpc) is 2.19. The zero-order valence-corrected chi connectivity index (χ0v) is 10.4. The summed E-state index contributed by atoms with van der Waals surface area (Å²) in [5.41, 5.74) is 0. The Morgan fingerprint density at radius 3 is 2.00 bits per heavy atom. The molecular weight excluding hydrogens is 199 g/mol. The topological polar surface area (TPSA) is 46.5 Å². The molecule has 0 spiro atoms. The first kappa shape index (κ1) is 16.1. The number of carboxylic acid groups (broad SMARTS) is 1. The van der Waals surface area contributed by atoms with E-state index in [9.17, 15) is 0 Å². The van der Waals surface area contributed by atoms with E-state index in [2.05, 4.69) is 20.9 Å². The lowest BCUT2D eigenvalue weighted by Gasteiger charge is -1.96. The largest absolute Gasteiger partial charge is 0.505 e. The first-order valence-corrected chi connectivity index (χ1v) is 5.97. The van der Waals surface area contributed by atoms with E-state index in [1.165, 1.54) is 44.7 Å². The number of methoxy groups -OCH3 is 1. The van der Waals surface area contributed by atoms with E-state index in [0.717, 1.165) is 7.11 Å². The maximum Gasteiger partial charge on any atom is 0.505 e. The smallest absolute Gasteiger partial charge is 0.450 e. The Labute approximate surface area is 89.4 Å². The monoisotopic (exact) mass is 222 g/mol. The van der Waals surface area contributed by atoms with Gasteiger partial charge in [0, 0.05) is 0 Å². The summed E-state index contributed by atoms with van der Waals surface area (Å²) in [6.07, 6.45) is 8.55. The molecule has 86 valence electrons. The highest BCUT2D eigenvalue weighted by Gasteiger charge is 1.85. The van der Waals surface area contributed by atoms with Crippen LogP contribution in [-0.4, -0.2) is 24.5 Å². The molecule has 0 aromatic carbocycles. The highest BCUT2D eigenvalue weighted by Crippen LogP contribution is 2.05. The summed E-state index contributed by atoms with van der Waals surface area (Å²) in [4.78, 5) is 9.15. The second kappa shape index (κ2) is 15.2. The number of unbranched alkanes of at least 4 members (excludes halogenated alkanes) is 5. The van der Waals surface area contributed by atoms with E-state index in [-0.39, 0.29) is 0 Å². The fraction of sp³-hybridized carbons (Fsp3) is 0.900. The minimum absolute atomic E-state index is 1.10. The Bertz CT molecular complexity index is 112. The fourth-order valence-corrected chi connectivity index (χ4v) is 1.21. The van der Waals surface area contributed by atoms with Crippen molar-refractivity contribution in [3.05, 3.63) is 0 Å². The van der Waals surface area contributed by atoms with Crippen LogP contribution in [0.2, 0.25) is 0 Å². The van der Waals surface area contributed by atoms with E-state index in [1.54, 1.807) is 0 Å². The van der Waals surface area contributed by atoms with Gasteiger partial charge in [0.25, 0.3) is 0 Å². The zero-order valence-electron chi connectivity index (χ0n) is 9.29. The minimum Gasteiger partial charge on any atom is -0.450 e. The van der Waals surface area contributed by atoms with Gasteiger partial charge in [-0.25, -0.2) is 4.79 Å². The molecule has 4 heteroatoms. The van der Waals surface area contributed by atoms with E-state index < -0.39 is 6.16 Å². The molecule has 3 nitrogen and oxygen atoms in total. The molecule has 1 N–H and O–H groups in total. The first-order chi connectivity index (χ1) is 6.68. The van der Waals surface area contributed by atoms with E-state index >= 15 is 0 Å². The summed E-state index contributed by atoms with van der Waals surface area (Å²) in [5, 5.41) is 7.50. The lowest BCUT2D eigenvalue weighted by atomic mass is 10.1. The third-order valence-electron chi connectivity index (χ3n) is 1.73. The van der Waals surface area contributed by atoms with Crippen LogP contribution in [-0.2, 0) is 4.74 Å². The normalized spacial score (nSPS) is 8.79. The van der Waals surface area contributed by atoms with Crippen molar-refractivity contribution in [3.8, 4) is 0 Å². The van der Waals surface area contributed by atoms with Crippen LogP contribution in [0.5, 0.6) is 0 Å². The lowest BCUT2D eigenvalue weighted by molar-refractivity contribution is 0.114. The van der Waals surface area contributed by atoms with E-state index in [4.69, 9.17) is 9.90 Å². The van der Waals surface area contributed by atoms with Crippen molar-refractivity contribution in [3.63, 3.8) is 0 Å². The van der Waals surface area contributed by atoms with Crippen LogP contribution in [0.15, 0.2) is 0 Å². The Morgan fingerprint density at radius 2 is 1.64 bits per heavy atom. The SMILES string of the molecule is CCCCCCCCP.COC(=O)O. The van der Waals surface area contributed by atoms with Gasteiger partial charge in [-0.3, -0.25) is 0 Å². The van der Waals surface area contributed by atoms with Gasteiger partial charge in [-0.1, -0.05) is 39.0 Å². The predicted molar refractivity (Wildman–Crippen MR) is 63.0 cm³/mol. The van der Waals surface area contributed by atoms with Crippen LogP contribution < -0.4 is 0 Å². The molecule has 0 amide bonds. The number of ether oxygens (including phenoxy) is 1. The molecular formula is C10H23O3P. The van der Waals surface area contributed by atoms with Crippen LogP contribution in [0.4, 0.5) is 4.79 Å². The van der Waals surface area contributed by atoms with Crippen molar-refractivity contribution in [1.29, 1.82) is 0 Å². The quantitative estimate of drug-likeness (QED) is 0.425. The van der Waals surface area contributed by atoms with Crippen LogP contribution in [0.25, 0.3) is 0 Å². The Hall–Kier alpha value is -0.300. The Kier molecular flexibility index (Phi) is 17.5. The molecule has 0 bridgehead atoms. The zero-order chi connectivity index (χ0) is 11.2. The lowest BCUT2D eigenvalue weighted by Crippen LogP contribution is -1.91. The van der Waals surface area contributed by atoms with Crippen LogP contribution in [0.1, 0.15) is 45.4 Å². The van der Waals surface area contributed by atoms with Crippen LogP contribution >= 0.6 is 9.24 Å². The summed E-state index contributed by atoms with van der Waals surface area (Å²) in [5.74, 6) is 0. The molecule has 0 aromatic rings. The number of hydrogen-bond acceptors (Lipinski definition) is 2. The van der Waals surface area contributed by atoms with Gasteiger partial charge in [-0.15, -0.1) is 9.24 Å². The van der Waals surface area contributed by atoms with Crippen LogP contribution in [0, 0.1) is 0 Å². The molecule has 14 heavy (non-hydrogen) atoms. The third-order valence-corrected chi connectivity index (χ3v) is 2.14. The standard InChI is InChI=1S/C8H19P.C2H4O3/c1-2-3-4-5-6-7-8-9;1-5-2(3)4/h2-9H2,1H3;1H3,(H,3,4). The first-order valence-electron chi connectivity index (χ1n) is 5.16.